The van der Waals surface area contributed by atoms with E-state index < -0.39 is 9.28 Å². The van der Waals surface area contributed by atoms with Crippen LogP contribution in [0, 0.1) is 0 Å². The molecular weight excluding hydrogens is 184 g/mol. The first kappa shape index (κ1) is 12.8. The topological polar surface area (TPSA) is 27.7 Å². The summed E-state index contributed by atoms with van der Waals surface area (Å²) in [7, 11) is -1.56. The van der Waals surface area contributed by atoms with Gasteiger partial charge in [0.05, 0.1) is 12.8 Å². The van der Waals surface area contributed by atoms with E-state index in [4.69, 9.17) is 13.6 Å². The van der Waals surface area contributed by atoms with Crippen molar-refractivity contribution in [1.82, 2.24) is 0 Å². The summed E-state index contributed by atoms with van der Waals surface area (Å²) in [6.45, 7) is 11.6. The van der Waals surface area contributed by atoms with E-state index in [1.165, 1.54) is 0 Å². The van der Waals surface area contributed by atoms with E-state index in [0.717, 1.165) is 5.57 Å². The maximum atomic E-state index is 5.43. The molecule has 0 radical (unpaired) electrons. The molecule has 0 aromatic heterocycles. The van der Waals surface area contributed by atoms with Crippen LogP contribution in [0.1, 0.15) is 20.8 Å². The Morgan fingerprint density at radius 1 is 1.23 bits per heavy atom. The minimum atomic E-state index is -1.56. The Labute approximate surface area is 82.5 Å². The minimum Gasteiger partial charge on any atom is -0.396 e. The SMILES string of the molecule is C=C(C)COC[SiH](OCC)OCC. The molecule has 0 aromatic carbocycles. The third-order valence-electron chi connectivity index (χ3n) is 1.31. The number of rotatable bonds is 8. The highest BCUT2D eigenvalue weighted by atomic mass is 28.3. The molecule has 13 heavy (non-hydrogen) atoms. The van der Waals surface area contributed by atoms with Crippen LogP contribution in [0.2, 0.25) is 0 Å². The van der Waals surface area contributed by atoms with Crippen LogP contribution in [-0.2, 0) is 13.6 Å². The number of ether oxygens (including phenoxy) is 1. The first-order valence-corrected chi connectivity index (χ1v) is 6.41. The third kappa shape index (κ3) is 8.17. The normalized spacial score (nSPS) is 10.8. The lowest BCUT2D eigenvalue weighted by molar-refractivity contribution is 0.137. The Bertz CT molecular complexity index is 133. The lowest BCUT2D eigenvalue weighted by atomic mass is 10.4. The first-order chi connectivity index (χ1) is 6.20. The molecule has 0 N–H and O–H groups in total. The molecule has 0 aliphatic rings. The highest BCUT2D eigenvalue weighted by Crippen LogP contribution is 1.94. The largest absolute Gasteiger partial charge is 0.396 e. The van der Waals surface area contributed by atoms with Gasteiger partial charge in [-0.3, -0.25) is 0 Å². The van der Waals surface area contributed by atoms with E-state index in [9.17, 15) is 0 Å². The van der Waals surface area contributed by atoms with Crippen molar-refractivity contribution in [3.05, 3.63) is 12.2 Å². The van der Waals surface area contributed by atoms with Crippen LogP contribution in [0.5, 0.6) is 0 Å². The van der Waals surface area contributed by atoms with Crippen LogP contribution in [0.25, 0.3) is 0 Å². The fraction of sp³-hybridized carbons (Fsp3) is 0.778. The van der Waals surface area contributed by atoms with Gasteiger partial charge in [0.1, 0.15) is 0 Å². The van der Waals surface area contributed by atoms with Crippen molar-refractivity contribution in [2.24, 2.45) is 0 Å². The van der Waals surface area contributed by atoms with Crippen molar-refractivity contribution in [2.45, 2.75) is 20.8 Å². The van der Waals surface area contributed by atoms with E-state index in [0.29, 0.717) is 26.1 Å². The van der Waals surface area contributed by atoms with Crippen molar-refractivity contribution in [1.29, 1.82) is 0 Å². The molecule has 0 fully saturated rings. The van der Waals surface area contributed by atoms with Crippen molar-refractivity contribution in [3.63, 3.8) is 0 Å². The van der Waals surface area contributed by atoms with Gasteiger partial charge in [-0.25, -0.2) is 0 Å². The van der Waals surface area contributed by atoms with Gasteiger partial charge >= 0.3 is 9.28 Å². The molecule has 4 heteroatoms. The summed E-state index contributed by atoms with van der Waals surface area (Å²) in [6, 6.07) is 0. The molecule has 3 nitrogen and oxygen atoms in total. The molecule has 0 aromatic rings. The molecule has 0 saturated carbocycles. The summed E-state index contributed by atoms with van der Waals surface area (Å²) >= 11 is 0. The van der Waals surface area contributed by atoms with Gasteiger partial charge in [-0.1, -0.05) is 12.2 Å². The Kier molecular flexibility index (Phi) is 8.33. The zero-order valence-corrected chi connectivity index (χ0v) is 9.99. The predicted octanol–water partition coefficient (Wildman–Crippen LogP) is 1.41. The molecule has 0 atom stereocenters. The average molecular weight is 204 g/mol. The third-order valence-corrected chi connectivity index (χ3v) is 3.23. The minimum absolute atomic E-state index is 0.601. The lowest BCUT2D eigenvalue weighted by Crippen LogP contribution is -2.29. The van der Waals surface area contributed by atoms with Crippen molar-refractivity contribution in [2.75, 3.05) is 26.1 Å². The van der Waals surface area contributed by atoms with Gasteiger partial charge in [-0.05, 0) is 20.8 Å². The Hall–Kier alpha value is -0.163. The highest BCUT2D eigenvalue weighted by molar-refractivity contribution is 6.44. The fourth-order valence-corrected chi connectivity index (χ4v) is 2.19. The molecule has 0 unspecified atom stereocenters. The molecule has 0 aliphatic heterocycles. The second-order valence-electron chi connectivity index (χ2n) is 2.81. The van der Waals surface area contributed by atoms with Gasteiger partial charge < -0.3 is 13.6 Å². The smallest absolute Gasteiger partial charge is 0.348 e. The molecular formula is C9H20O3Si. The zero-order valence-electron chi connectivity index (χ0n) is 8.84. The maximum absolute atomic E-state index is 5.43. The van der Waals surface area contributed by atoms with Crippen LogP contribution in [0.4, 0.5) is 0 Å². The van der Waals surface area contributed by atoms with Gasteiger partial charge in [0.15, 0.2) is 0 Å². The summed E-state index contributed by atoms with van der Waals surface area (Å²) in [6.07, 6.45) is 0.606. The van der Waals surface area contributed by atoms with Gasteiger partial charge in [0.2, 0.25) is 0 Å². The molecule has 0 rings (SSSR count). The Morgan fingerprint density at radius 2 is 1.77 bits per heavy atom. The van der Waals surface area contributed by atoms with Gasteiger partial charge in [-0.2, -0.15) is 0 Å². The van der Waals surface area contributed by atoms with Crippen LogP contribution < -0.4 is 0 Å². The molecule has 0 amide bonds. The predicted molar refractivity (Wildman–Crippen MR) is 56.0 cm³/mol. The standard InChI is InChI=1S/C9H20O3Si/c1-5-11-13(12-6-2)8-10-7-9(3)4/h13H,3,5-8H2,1-2,4H3. The van der Waals surface area contributed by atoms with E-state index in [-0.39, 0.29) is 0 Å². The lowest BCUT2D eigenvalue weighted by Gasteiger charge is -2.14. The number of hydrogen-bond donors (Lipinski definition) is 0. The summed E-state index contributed by atoms with van der Waals surface area (Å²) in [5.41, 5.74) is 1.03. The van der Waals surface area contributed by atoms with E-state index in [2.05, 4.69) is 6.58 Å². The van der Waals surface area contributed by atoms with Gasteiger partial charge in [-0.15, -0.1) is 0 Å². The van der Waals surface area contributed by atoms with E-state index >= 15 is 0 Å². The van der Waals surface area contributed by atoms with Gasteiger partial charge in [0, 0.05) is 13.2 Å². The van der Waals surface area contributed by atoms with Crippen molar-refractivity contribution < 1.29 is 13.6 Å². The Morgan fingerprint density at radius 3 is 2.15 bits per heavy atom. The summed E-state index contributed by atoms with van der Waals surface area (Å²) < 4.78 is 16.2. The van der Waals surface area contributed by atoms with Crippen LogP contribution in [0.15, 0.2) is 12.2 Å². The fourth-order valence-electron chi connectivity index (χ4n) is 0.846. The van der Waals surface area contributed by atoms with Crippen molar-refractivity contribution in [3.8, 4) is 0 Å². The second-order valence-corrected chi connectivity index (χ2v) is 4.67. The molecule has 0 spiro atoms. The van der Waals surface area contributed by atoms with Crippen molar-refractivity contribution >= 4 is 9.28 Å². The summed E-state index contributed by atoms with van der Waals surface area (Å²) in [5, 5.41) is 0. The second kappa shape index (κ2) is 8.44. The first-order valence-electron chi connectivity index (χ1n) is 4.66. The van der Waals surface area contributed by atoms with E-state index in [1.54, 1.807) is 0 Å². The van der Waals surface area contributed by atoms with Crippen LogP contribution in [-0.4, -0.2) is 35.3 Å². The molecule has 0 bridgehead atoms. The highest BCUT2D eigenvalue weighted by Gasteiger charge is 2.11. The summed E-state index contributed by atoms with van der Waals surface area (Å²) in [5.74, 6) is 0. The molecule has 0 saturated heterocycles. The Balaban J connectivity index is 3.49. The zero-order chi connectivity index (χ0) is 10.1. The van der Waals surface area contributed by atoms with Crippen LogP contribution >= 0.6 is 0 Å². The monoisotopic (exact) mass is 204 g/mol. The van der Waals surface area contributed by atoms with Crippen LogP contribution in [0.3, 0.4) is 0 Å². The van der Waals surface area contributed by atoms with Gasteiger partial charge in [0.25, 0.3) is 0 Å². The molecule has 78 valence electrons. The number of hydrogen-bond acceptors (Lipinski definition) is 3. The summed E-state index contributed by atoms with van der Waals surface area (Å²) in [4.78, 5) is 0. The molecule has 0 heterocycles. The molecule has 0 aliphatic carbocycles. The average Bonchev–Trinajstić information content (AvgIpc) is 2.04. The van der Waals surface area contributed by atoms with E-state index in [1.807, 2.05) is 20.8 Å². The quantitative estimate of drug-likeness (QED) is 0.442. The maximum Gasteiger partial charge on any atom is 0.348 e.